The van der Waals surface area contributed by atoms with Gasteiger partial charge in [-0.1, -0.05) is 15.9 Å². The Hall–Kier alpha value is -1.66. The van der Waals surface area contributed by atoms with E-state index in [9.17, 15) is 4.79 Å². The number of anilines is 1. The maximum Gasteiger partial charge on any atom is 0.273 e. The molecular weight excluding hydrogens is 314 g/mol. The molecule has 2 aromatic heterocycles. The molecule has 18 heavy (non-hydrogen) atoms. The van der Waals surface area contributed by atoms with Gasteiger partial charge in [0.25, 0.3) is 5.91 Å². The minimum Gasteiger partial charge on any atom is -0.321 e. The molecular formula is C12H8BrN3OS. The number of imidazole rings is 1. The first kappa shape index (κ1) is 11.4. The van der Waals surface area contributed by atoms with E-state index in [-0.39, 0.29) is 5.91 Å². The van der Waals surface area contributed by atoms with E-state index < -0.39 is 0 Å². The molecule has 0 spiro atoms. The molecule has 0 aliphatic rings. The van der Waals surface area contributed by atoms with Crippen molar-refractivity contribution in [3.63, 3.8) is 0 Å². The van der Waals surface area contributed by atoms with Gasteiger partial charge in [-0.05, 0) is 24.3 Å². The van der Waals surface area contributed by atoms with E-state index >= 15 is 0 Å². The highest BCUT2D eigenvalue weighted by molar-refractivity contribution is 9.10. The number of hydrogen-bond acceptors (Lipinski definition) is 3. The Labute approximate surface area is 115 Å². The molecule has 0 saturated heterocycles. The van der Waals surface area contributed by atoms with Crippen LogP contribution in [0, 0.1) is 0 Å². The molecule has 0 atom stereocenters. The molecule has 1 aromatic carbocycles. The third-order valence-electron chi connectivity index (χ3n) is 2.48. The summed E-state index contributed by atoms with van der Waals surface area (Å²) < 4.78 is 2.76. The van der Waals surface area contributed by atoms with E-state index in [0.29, 0.717) is 5.69 Å². The Balaban J connectivity index is 1.87. The lowest BCUT2D eigenvalue weighted by molar-refractivity contribution is 0.102. The van der Waals surface area contributed by atoms with Gasteiger partial charge in [-0.3, -0.25) is 9.20 Å². The van der Waals surface area contributed by atoms with Crippen LogP contribution in [-0.2, 0) is 0 Å². The highest BCUT2D eigenvalue weighted by atomic mass is 79.9. The summed E-state index contributed by atoms with van der Waals surface area (Å²) in [4.78, 5) is 17.1. The number of hydrogen-bond donors (Lipinski definition) is 1. The van der Waals surface area contributed by atoms with Crippen LogP contribution in [0.5, 0.6) is 0 Å². The van der Waals surface area contributed by atoms with E-state index in [4.69, 9.17) is 0 Å². The van der Waals surface area contributed by atoms with E-state index in [1.165, 1.54) is 11.3 Å². The molecule has 1 amide bonds. The van der Waals surface area contributed by atoms with Crippen molar-refractivity contribution in [2.45, 2.75) is 0 Å². The predicted molar refractivity (Wildman–Crippen MR) is 75.2 cm³/mol. The predicted octanol–water partition coefficient (Wildman–Crippen LogP) is 3.41. The topological polar surface area (TPSA) is 46.4 Å². The summed E-state index contributed by atoms with van der Waals surface area (Å²) in [5, 5.41) is 4.65. The second-order valence-electron chi connectivity index (χ2n) is 3.66. The second kappa shape index (κ2) is 4.55. The molecule has 2 heterocycles. The van der Waals surface area contributed by atoms with Gasteiger partial charge >= 0.3 is 0 Å². The van der Waals surface area contributed by atoms with Crippen LogP contribution in [-0.4, -0.2) is 15.3 Å². The molecule has 0 unspecified atom stereocenters. The third-order valence-corrected chi connectivity index (χ3v) is 3.86. The number of aromatic nitrogens is 2. The number of rotatable bonds is 2. The Morgan fingerprint density at radius 2 is 2.11 bits per heavy atom. The molecule has 3 aromatic rings. The Morgan fingerprint density at radius 1 is 1.33 bits per heavy atom. The first-order valence-corrected chi connectivity index (χ1v) is 6.89. The SMILES string of the molecule is O=C(Nc1ccc(Br)cc1)c1csc2nccn12. The van der Waals surface area contributed by atoms with Crippen LogP contribution in [0.3, 0.4) is 0 Å². The summed E-state index contributed by atoms with van der Waals surface area (Å²) in [7, 11) is 0. The van der Waals surface area contributed by atoms with E-state index in [2.05, 4.69) is 26.2 Å². The number of carbonyl (C=O) groups is 1. The van der Waals surface area contributed by atoms with Gasteiger partial charge in [-0.15, -0.1) is 11.3 Å². The fourth-order valence-electron chi connectivity index (χ4n) is 1.62. The first-order valence-electron chi connectivity index (χ1n) is 5.21. The highest BCUT2D eigenvalue weighted by Crippen LogP contribution is 2.18. The zero-order valence-corrected chi connectivity index (χ0v) is 11.5. The molecule has 0 bridgehead atoms. The van der Waals surface area contributed by atoms with Gasteiger partial charge in [0, 0.05) is 27.9 Å². The molecule has 3 rings (SSSR count). The standard InChI is InChI=1S/C12H8BrN3OS/c13-8-1-3-9(4-2-8)15-11(17)10-7-18-12-14-5-6-16(10)12/h1-7H,(H,15,17). The zero-order valence-electron chi connectivity index (χ0n) is 9.13. The summed E-state index contributed by atoms with van der Waals surface area (Å²) in [5.74, 6) is -0.137. The Kier molecular flexibility index (Phi) is 2.89. The van der Waals surface area contributed by atoms with Crippen molar-refractivity contribution in [2.24, 2.45) is 0 Å². The molecule has 0 aliphatic carbocycles. The van der Waals surface area contributed by atoms with Crippen LogP contribution in [0.2, 0.25) is 0 Å². The monoisotopic (exact) mass is 321 g/mol. The molecule has 90 valence electrons. The quantitative estimate of drug-likeness (QED) is 0.786. The van der Waals surface area contributed by atoms with Crippen molar-refractivity contribution in [2.75, 3.05) is 5.32 Å². The fourth-order valence-corrected chi connectivity index (χ4v) is 2.71. The molecule has 0 saturated carbocycles. The molecule has 4 nitrogen and oxygen atoms in total. The zero-order chi connectivity index (χ0) is 12.5. The van der Waals surface area contributed by atoms with Crippen LogP contribution in [0.4, 0.5) is 5.69 Å². The maximum absolute atomic E-state index is 12.1. The second-order valence-corrected chi connectivity index (χ2v) is 5.41. The minimum atomic E-state index is -0.137. The van der Waals surface area contributed by atoms with Gasteiger partial charge in [0.2, 0.25) is 0 Å². The fraction of sp³-hybridized carbons (Fsp3) is 0. The lowest BCUT2D eigenvalue weighted by atomic mass is 10.3. The number of thiazole rings is 1. The lowest BCUT2D eigenvalue weighted by Crippen LogP contribution is -2.13. The van der Waals surface area contributed by atoms with Crippen molar-refractivity contribution >= 4 is 43.8 Å². The molecule has 0 aliphatic heterocycles. The Bertz CT molecular complexity index is 702. The van der Waals surface area contributed by atoms with Gasteiger partial charge in [0.15, 0.2) is 4.96 Å². The smallest absolute Gasteiger partial charge is 0.273 e. The van der Waals surface area contributed by atoms with Crippen molar-refractivity contribution in [3.05, 3.63) is 52.2 Å². The van der Waals surface area contributed by atoms with Gasteiger partial charge in [0.05, 0.1) is 0 Å². The third kappa shape index (κ3) is 2.04. The largest absolute Gasteiger partial charge is 0.321 e. The van der Waals surface area contributed by atoms with Gasteiger partial charge in [0.1, 0.15) is 5.69 Å². The van der Waals surface area contributed by atoms with Gasteiger partial charge in [-0.25, -0.2) is 4.98 Å². The van der Waals surface area contributed by atoms with Crippen LogP contribution >= 0.6 is 27.3 Å². The van der Waals surface area contributed by atoms with Crippen molar-refractivity contribution in [1.29, 1.82) is 0 Å². The maximum atomic E-state index is 12.1. The Morgan fingerprint density at radius 3 is 2.89 bits per heavy atom. The summed E-state index contributed by atoms with van der Waals surface area (Å²) in [6.07, 6.45) is 3.46. The minimum absolute atomic E-state index is 0.137. The highest BCUT2D eigenvalue weighted by Gasteiger charge is 2.12. The number of halogens is 1. The first-order chi connectivity index (χ1) is 8.74. The van der Waals surface area contributed by atoms with E-state index in [0.717, 1.165) is 15.1 Å². The van der Waals surface area contributed by atoms with Gasteiger partial charge in [-0.2, -0.15) is 0 Å². The lowest BCUT2D eigenvalue weighted by Gasteiger charge is -2.04. The summed E-state index contributed by atoms with van der Waals surface area (Å²) in [5.41, 5.74) is 1.36. The number of fused-ring (bicyclic) bond motifs is 1. The van der Waals surface area contributed by atoms with E-state index in [1.54, 1.807) is 22.2 Å². The summed E-state index contributed by atoms with van der Waals surface area (Å²) in [6.45, 7) is 0. The molecule has 6 heteroatoms. The number of amides is 1. The number of benzene rings is 1. The van der Waals surface area contributed by atoms with Crippen molar-refractivity contribution in [1.82, 2.24) is 9.38 Å². The molecule has 1 N–H and O–H groups in total. The molecule has 0 fully saturated rings. The number of carbonyl (C=O) groups excluding carboxylic acids is 1. The average Bonchev–Trinajstić information content (AvgIpc) is 2.93. The van der Waals surface area contributed by atoms with Crippen molar-refractivity contribution < 1.29 is 4.79 Å². The average molecular weight is 322 g/mol. The van der Waals surface area contributed by atoms with E-state index in [1.807, 2.05) is 24.3 Å². The number of nitrogens with zero attached hydrogens (tertiary/aromatic N) is 2. The van der Waals surface area contributed by atoms with Gasteiger partial charge < -0.3 is 5.32 Å². The molecule has 0 radical (unpaired) electrons. The summed E-state index contributed by atoms with van der Waals surface area (Å²) in [6, 6.07) is 7.46. The normalized spacial score (nSPS) is 10.7. The van der Waals surface area contributed by atoms with Crippen LogP contribution in [0.1, 0.15) is 10.5 Å². The van der Waals surface area contributed by atoms with Crippen LogP contribution in [0.25, 0.3) is 4.96 Å². The summed E-state index contributed by atoms with van der Waals surface area (Å²) >= 11 is 4.80. The van der Waals surface area contributed by atoms with Crippen molar-refractivity contribution in [3.8, 4) is 0 Å². The number of nitrogens with one attached hydrogen (secondary N) is 1. The van der Waals surface area contributed by atoms with Crippen LogP contribution in [0.15, 0.2) is 46.5 Å². The van der Waals surface area contributed by atoms with Crippen LogP contribution < -0.4 is 5.32 Å².